The van der Waals surface area contributed by atoms with Gasteiger partial charge in [0.05, 0.1) is 10.6 Å². The molecule has 0 atom stereocenters. The van der Waals surface area contributed by atoms with Gasteiger partial charge in [0, 0.05) is 0 Å². The average Bonchev–Trinajstić information content (AvgIpc) is 2.28. The Bertz CT molecular complexity index is 576. The summed E-state index contributed by atoms with van der Waals surface area (Å²) >= 11 is 5.93. The van der Waals surface area contributed by atoms with Crippen LogP contribution in [0.2, 0.25) is 5.02 Å². The minimum Gasteiger partial charge on any atom is -0.478 e. The van der Waals surface area contributed by atoms with E-state index in [2.05, 4.69) is 0 Å². The molecule has 0 aliphatic carbocycles. The van der Waals surface area contributed by atoms with Crippen LogP contribution in [-0.2, 0) is 0 Å². The summed E-state index contributed by atoms with van der Waals surface area (Å²) in [7, 11) is 0. The molecule has 0 fully saturated rings. The van der Waals surface area contributed by atoms with E-state index in [1.54, 1.807) is 12.1 Å². The van der Waals surface area contributed by atoms with Crippen LogP contribution in [0.15, 0.2) is 42.5 Å². The number of hydrogen-bond donors (Lipinski definition) is 1. The van der Waals surface area contributed by atoms with Crippen LogP contribution in [-0.4, -0.2) is 11.1 Å². The molecular weight excluding hydrogens is 236 g/mol. The summed E-state index contributed by atoms with van der Waals surface area (Å²) in [6, 6.07) is 13.0. The van der Waals surface area contributed by atoms with Gasteiger partial charge in [-0.25, -0.2) is 4.79 Å². The maximum atomic E-state index is 10.8. The number of carbonyl (C=O) groups is 1. The maximum Gasteiger partial charge on any atom is 0.337 e. The summed E-state index contributed by atoms with van der Waals surface area (Å²) < 4.78 is 0. The summed E-state index contributed by atoms with van der Waals surface area (Å²) in [4.78, 5) is 10.8. The predicted octanol–water partition coefficient (Wildman–Crippen LogP) is 4.01. The van der Waals surface area contributed by atoms with E-state index in [0.29, 0.717) is 0 Å². The van der Waals surface area contributed by atoms with Crippen LogP contribution in [0.3, 0.4) is 0 Å². The minimum absolute atomic E-state index is 0.128. The van der Waals surface area contributed by atoms with Crippen LogP contribution >= 0.6 is 11.6 Å². The van der Waals surface area contributed by atoms with Crippen molar-refractivity contribution in [3.8, 4) is 11.1 Å². The van der Waals surface area contributed by atoms with Gasteiger partial charge in [-0.2, -0.15) is 0 Å². The second kappa shape index (κ2) is 4.60. The third-order valence-electron chi connectivity index (χ3n) is 2.55. The molecule has 2 rings (SSSR count). The first-order valence-corrected chi connectivity index (χ1v) is 5.55. The summed E-state index contributed by atoms with van der Waals surface area (Å²) in [5, 5.41) is 9.15. The molecule has 0 aromatic heterocycles. The number of aryl methyl sites for hydroxylation is 1. The van der Waals surface area contributed by atoms with Gasteiger partial charge >= 0.3 is 5.97 Å². The number of halogens is 1. The molecule has 2 nitrogen and oxygen atoms in total. The lowest BCUT2D eigenvalue weighted by Gasteiger charge is -2.05. The lowest BCUT2D eigenvalue weighted by molar-refractivity contribution is 0.0697. The van der Waals surface area contributed by atoms with Crippen molar-refractivity contribution in [2.45, 2.75) is 6.92 Å². The molecular formula is C14H11ClO2. The third-order valence-corrected chi connectivity index (χ3v) is 2.86. The van der Waals surface area contributed by atoms with E-state index in [-0.39, 0.29) is 10.6 Å². The molecule has 3 heteroatoms. The third kappa shape index (κ3) is 2.48. The van der Waals surface area contributed by atoms with Gasteiger partial charge in [0.15, 0.2) is 0 Å². The predicted molar refractivity (Wildman–Crippen MR) is 68.6 cm³/mol. The van der Waals surface area contributed by atoms with Crippen molar-refractivity contribution >= 4 is 17.6 Å². The fraction of sp³-hybridized carbons (Fsp3) is 0.0714. The Kier molecular flexibility index (Phi) is 3.16. The molecule has 0 saturated heterocycles. The van der Waals surface area contributed by atoms with Crippen LogP contribution in [0.4, 0.5) is 0 Å². The van der Waals surface area contributed by atoms with Gasteiger partial charge in [-0.1, -0.05) is 47.5 Å². The molecule has 0 unspecified atom stereocenters. The molecule has 2 aromatic rings. The zero-order valence-electron chi connectivity index (χ0n) is 9.27. The Morgan fingerprint density at radius 3 is 2.41 bits per heavy atom. The molecule has 0 radical (unpaired) electrons. The van der Waals surface area contributed by atoms with E-state index < -0.39 is 5.97 Å². The van der Waals surface area contributed by atoms with Crippen molar-refractivity contribution in [3.63, 3.8) is 0 Å². The van der Waals surface area contributed by atoms with Crippen molar-refractivity contribution in [2.24, 2.45) is 0 Å². The molecule has 0 heterocycles. The first-order valence-electron chi connectivity index (χ1n) is 5.18. The zero-order valence-corrected chi connectivity index (χ0v) is 10.0. The summed E-state index contributed by atoms with van der Waals surface area (Å²) in [5.41, 5.74) is 3.23. The largest absolute Gasteiger partial charge is 0.478 e. The van der Waals surface area contributed by atoms with Crippen molar-refractivity contribution in [3.05, 3.63) is 58.6 Å². The highest BCUT2D eigenvalue weighted by Gasteiger charge is 2.09. The maximum absolute atomic E-state index is 10.8. The molecule has 86 valence electrons. The van der Waals surface area contributed by atoms with Crippen LogP contribution in [0.25, 0.3) is 11.1 Å². The Labute approximate surface area is 104 Å². The minimum atomic E-state index is -1.01. The molecule has 0 aliphatic rings. The van der Waals surface area contributed by atoms with Crippen LogP contribution in [0, 0.1) is 6.92 Å². The number of hydrogen-bond acceptors (Lipinski definition) is 1. The van der Waals surface area contributed by atoms with Gasteiger partial charge in [-0.05, 0) is 30.2 Å². The Morgan fingerprint density at radius 1 is 1.12 bits per heavy atom. The van der Waals surface area contributed by atoms with E-state index in [1.165, 1.54) is 6.07 Å². The number of benzene rings is 2. The molecule has 0 spiro atoms. The zero-order chi connectivity index (χ0) is 12.4. The van der Waals surface area contributed by atoms with Crippen LogP contribution in [0.5, 0.6) is 0 Å². The fourth-order valence-electron chi connectivity index (χ4n) is 1.69. The van der Waals surface area contributed by atoms with E-state index in [0.717, 1.165) is 16.7 Å². The highest BCUT2D eigenvalue weighted by Crippen LogP contribution is 2.26. The Balaban J connectivity index is 2.48. The summed E-state index contributed by atoms with van der Waals surface area (Å²) in [6.07, 6.45) is 0. The van der Waals surface area contributed by atoms with Gasteiger partial charge in [-0.3, -0.25) is 0 Å². The Morgan fingerprint density at radius 2 is 1.82 bits per heavy atom. The molecule has 0 aliphatic heterocycles. The lowest BCUT2D eigenvalue weighted by atomic mass is 10.0. The van der Waals surface area contributed by atoms with Crippen molar-refractivity contribution in [2.75, 3.05) is 0 Å². The summed E-state index contributed by atoms with van der Waals surface area (Å²) in [5.74, 6) is -1.01. The van der Waals surface area contributed by atoms with Gasteiger partial charge in [0.1, 0.15) is 0 Å². The van der Waals surface area contributed by atoms with E-state index in [1.807, 2.05) is 31.2 Å². The normalized spacial score (nSPS) is 10.2. The van der Waals surface area contributed by atoms with Crippen LogP contribution in [0.1, 0.15) is 15.9 Å². The van der Waals surface area contributed by atoms with E-state index in [9.17, 15) is 4.79 Å². The van der Waals surface area contributed by atoms with E-state index >= 15 is 0 Å². The molecule has 0 saturated carbocycles. The van der Waals surface area contributed by atoms with Gasteiger partial charge in [0.2, 0.25) is 0 Å². The van der Waals surface area contributed by atoms with Crippen LogP contribution < -0.4 is 0 Å². The lowest BCUT2D eigenvalue weighted by Crippen LogP contribution is -1.97. The SMILES string of the molecule is Cc1cccc(-c2ccc(C(=O)O)c(Cl)c2)c1. The Hall–Kier alpha value is -1.80. The highest BCUT2D eigenvalue weighted by atomic mass is 35.5. The first-order chi connectivity index (χ1) is 8.08. The topological polar surface area (TPSA) is 37.3 Å². The standard InChI is InChI=1S/C14H11ClO2/c1-9-3-2-4-10(7-9)11-5-6-12(14(16)17)13(15)8-11/h2-8H,1H3,(H,16,17). The molecule has 2 aromatic carbocycles. The second-order valence-electron chi connectivity index (χ2n) is 3.87. The fourth-order valence-corrected chi connectivity index (χ4v) is 1.95. The molecule has 0 amide bonds. The molecule has 1 N–H and O–H groups in total. The number of carboxylic acid groups (broad SMARTS) is 1. The smallest absolute Gasteiger partial charge is 0.337 e. The highest BCUT2D eigenvalue weighted by molar-refractivity contribution is 6.33. The average molecular weight is 247 g/mol. The number of carboxylic acids is 1. The first kappa shape index (κ1) is 11.7. The van der Waals surface area contributed by atoms with E-state index in [4.69, 9.17) is 16.7 Å². The number of rotatable bonds is 2. The molecule has 0 bridgehead atoms. The quantitative estimate of drug-likeness (QED) is 0.869. The van der Waals surface area contributed by atoms with Crippen molar-refractivity contribution in [1.82, 2.24) is 0 Å². The van der Waals surface area contributed by atoms with Gasteiger partial charge in [0.25, 0.3) is 0 Å². The molecule has 17 heavy (non-hydrogen) atoms. The number of aromatic carboxylic acids is 1. The monoisotopic (exact) mass is 246 g/mol. The van der Waals surface area contributed by atoms with Gasteiger partial charge in [-0.15, -0.1) is 0 Å². The second-order valence-corrected chi connectivity index (χ2v) is 4.28. The van der Waals surface area contributed by atoms with Gasteiger partial charge < -0.3 is 5.11 Å². The van der Waals surface area contributed by atoms with Crippen molar-refractivity contribution in [1.29, 1.82) is 0 Å². The summed E-state index contributed by atoms with van der Waals surface area (Å²) in [6.45, 7) is 2.01. The van der Waals surface area contributed by atoms with Crippen molar-refractivity contribution < 1.29 is 9.90 Å².